The first-order chi connectivity index (χ1) is 16.1. The van der Waals surface area contributed by atoms with Crippen LogP contribution in [0, 0.1) is 11.3 Å². The van der Waals surface area contributed by atoms with E-state index in [4.69, 9.17) is 4.74 Å². The molecule has 34 heavy (non-hydrogen) atoms. The summed E-state index contributed by atoms with van der Waals surface area (Å²) in [5, 5.41) is 9.88. The van der Waals surface area contributed by atoms with Gasteiger partial charge in [0.15, 0.2) is 0 Å². The summed E-state index contributed by atoms with van der Waals surface area (Å²) >= 11 is 1.58. The summed E-state index contributed by atoms with van der Waals surface area (Å²) in [6.07, 6.45) is 13.5. The summed E-state index contributed by atoms with van der Waals surface area (Å²) < 4.78 is 5.12. The molecule has 0 spiro atoms. The highest BCUT2D eigenvalue weighted by Crippen LogP contribution is 2.42. The second-order valence-corrected chi connectivity index (χ2v) is 12.0. The molecule has 1 fully saturated rings. The number of methoxy groups -OCH3 is 1. The second kappa shape index (κ2) is 13.5. The Hall–Kier alpha value is -1.59. The van der Waals surface area contributed by atoms with Gasteiger partial charge in [0.05, 0.1) is 18.9 Å². The fraction of sp³-hybridized carbons (Fsp3) is 0.690. The lowest BCUT2D eigenvalue weighted by atomic mass is 9.84. The van der Waals surface area contributed by atoms with Crippen LogP contribution in [0.15, 0.2) is 24.8 Å². The van der Waals surface area contributed by atoms with Crippen LogP contribution in [0.25, 0.3) is 5.57 Å². The van der Waals surface area contributed by atoms with E-state index in [-0.39, 0.29) is 12.1 Å². The minimum atomic E-state index is -0.241. The van der Waals surface area contributed by atoms with Gasteiger partial charge in [0, 0.05) is 17.5 Å². The van der Waals surface area contributed by atoms with Crippen molar-refractivity contribution >= 4 is 28.6 Å². The Morgan fingerprint density at radius 1 is 1.29 bits per heavy atom. The van der Waals surface area contributed by atoms with Crippen molar-refractivity contribution in [3.05, 3.63) is 34.6 Å². The van der Waals surface area contributed by atoms with Gasteiger partial charge in [-0.1, -0.05) is 39.8 Å². The third-order valence-corrected chi connectivity index (χ3v) is 8.26. The van der Waals surface area contributed by atoms with Crippen molar-refractivity contribution in [3.63, 3.8) is 0 Å². The molecule has 2 aliphatic rings. The summed E-state index contributed by atoms with van der Waals surface area (Å²) in [6.45, 7) is 15.7. The standard InChI is InChI=1S/C23H35NO3S.C6H12/c1-5-24(17-8-10-18(25)11-9-17)19-15-20(28-21(19)22(26)27-4)16-7-6-13-23(2,3)14-12-16;1-4-5-6(2)3/h7,15,17-18,25H,5-6,8-14H2,1-4H3;4,6H,1,5H2,2-3H3. The summed E-state index contributed by atoms with van der Waals surface area (Å²) in [6, 6.07) is 2.59. The number of nitrogens with zero attached hydrogens (tertiary/aromatic N) is 1. The Kier molecular flexibility index (Phi) is 11.4. The van der Waals surface area contributed by atoms with Crippen molar-refractivity contribution in [1.82, 2.24) is 0 Å². The number of carbonyl (C=O) groups is 1. The number of anilines is 1. The maximum Gasteiger partial charge on any atom is 0.350 e. The van der Waals surface area contributed by atoms with Crippen LogP contribution in [0.3, 0.4) is 0 Å². The predicted molar refractivity (Wildman–Crippen MR) is 147 cm³/mol. The van der Waals surface area contributed by atoms with Crippen LogP contribution in [0.1, 0.15) is 107 Å². The number of aliphatic hydroxyl groups is 1. The molecule has 4 nitrogen and oxygen atoms in total. The van der Waals surface area contributed by atoms with Crippen molar-refractivity contribution in [3.8, 4) is 0 Å². The first-order valence-corrected chi connectivity index (χ1v) is 13.9. The van der Waals surface area contributed by atoms with Crippen molar-refractivity contribution in [2.75, 3.05) is 18.6 Å². The van der Waals surface area contributed by atoms with Crippen molar-refractivity contribution in [2.45, 2.75) is 105 Å². The molecule has 1 N–H and O–H groups in total. The van der Waals surface area contributed by atoms with E-state index in [9.17, 15) is 9.90 Å². The van der Waals surface area contributed by atoms with Crippen molar-refractivity contribution in [1.29, 1.82) is 0 Å². The Morgan fingerprint density at radius 2 is 1.97 bits per heavy atom. The van der Waals surface area contributed by atoms with Gasteiger partial charge < -0.3 is 14.7 Å². The summed E-state index contributed by atoms with van der Waals surface area (Å²) in [5.41, 5.74) is 2.77. The smallest absolute Gasteiger partial charge is 0.350 e. The lowest BCUT2D eigenvalue weighted by molar-refractivity contribution is 0.0606. The molecule has 5 heteroatoms. The SMILES string of the molecule is C=CCC(C)C.CCN(c1cc(C2=CCCC(C)(C)CC2)sc1C(=O)OC)C1CCC(O)CC1. The number of thiophene rings is 1. The molecule has 0 saturated heterocycles. The zero-order valence-corrected chi connectivity index (χ0v) is 23.2. The Morgan fingerprint density at radius 3 is 2.50 bits per heavy atom. The van der Waals surface area contributed by atoms with Crippen molar-refractivity contribution < 1.29 is 14.6 Å². The molecule has 0 aromatic carbocycles. The van der Waals surface area contributed by atoms with E-state index >= 15 is 0 Å². The predicted octanol–water partition coefficient (Wildman–Crippen LogP) is 7.87. The van der Waals surface area contributed by atoms with E-state index in [0.29, 0.717) is 11.5 Å². The molecule has 2 aliphatic carbocycles. The largest absolute Gasteiger partial charge is 0.465 e. The van der Waals surface area contributed by atoms with E-state index in [1.54, 1.807) is 11.3 Å². The number of hydrogen-bond donors (Lipinski definition) is 1. The van der Waals surface area contributed by atoms with Crippen LogP contribution in [0.2, 0.25) is 0 Å². The molecule has 0 aliphatic heterocycles. The number of rotatable bonds is 7. The lowest BCUT2D eigenvalue weighted by Gasteiger charge is -2.36. The Balaban J connectivity index is 0.000000604. The average Bonchev–Trinajstić information content (AvgIpc) is 3.13. The van der Waals surface area contributed by atoms with Crippen LogP contribution in [0.5, 0.6) is 0 Å². The number of ether oxygens (including phenoxy) is 1. The third-order valence-electron chi connectivity index (χ3n) is 7.08. The number of hydrogen-bond acceptors (Lipinski definition) is 5. The van der Waals surface area contributed by atoms with Crippen LogP contribution < -0.4 is 4.90 Å². The highest BCUT2D eigenvalue weighted by atomic mass is 32.1. The maximum absolute atomic E-state index is 12.6. The van der Waals surface area contributed by atoms with Crippen LogP contribution in [-0.2, 0) is 4.74 Å². The number of aliphatic hydroxyl groups excluding tert-OH is 1. The highest BCUT2D eigenvalue weighted by Gasteiger charge is 2.30. The van der Waals surface area contributed by atoms with E-state index in [0.717, 1.165) is 68.0 Å². The van der Waals surface area contributed by atoms with E-state index < -0.39 is 0 Å². The molecule has 0 atom stereocenters. The molecule has 1 heterocycles. The number of carbonyl (C=O) groups excluding carboxylic acids is 1. The topological polar surface area (TPSA) is 49.8 Å². The fourth-order valence-electron chi connectivity index (χ4n) is 4.88. The molecular formula is C29H47NO3S. The molecule has 0 unspecified atom stereocenters. The van der Waals surface area contributed by atoms with Gasteiger partial charge in [-0.2, -0.15) is 0 Å². The molecule has 3 rings (SSSR count). The minimum absolute atomic E-state index is 0.174. The minimum Gasteiger partial charge on any atom is -0.465 e. The van der Waals surface area contributed by atoms with Crippen LogP contribution >= 0.6 is 11.3 Å². The molecule has 1 saturated carbocycles. The number of allylic oxidation sites excluding steroid dienone is 3. The van der Waals surface area contributed by atoms with Gasteiger partial charge in [0.1, 0.15) is 4.88 Å². The first kappa shape index (κ1) is 28.6. The quantitative estimate of drug-likeness (QED) is 0.313. The molecule has 192 valence electrons. The molecule has 0 bridgehead atoms. The normalized spacial score (nSPS) is 22.2. The molecule has 0 amide bonds. The molecule has 1 aromatic rings. The number of esters is 1. The second-order valence-electron chi connectivity index (χ2n) is 10.9. The summed E-state index contributed by atoms with van der Waals surface area (Å²) in [5.74, 6) is 0.539. The van der Waals surface area contributed by atoms with E-state index in [1.165, 1.54) is 30.4 Å². The van der Waals surface area contributed by atoms with Crippen LogP contribution in [0.4, 0.5) is 5.69 Å². The van der Waals surface area contributed by atoms with E-state index in [1.807, 2.05) is 6.08 Å². The Labute approximate surface area is 212 Å². The maximum atomic E-state index is 12.6. The molecular weight excluding hydrogens is 442 g/mol. The van der Waals surface area contributed by atoms with Gasteiger partial charge in [0.2, 0.25) is 0 Å². The summed E-state index contributed by atoms with van der Waals surface area (Å²) in [4.78, 5) is 16.8. The van der Waals surface area contributed by atoms with Gasteiger partial charge in [-0.15, -0.1) is 17.9 Å². The van der Waals surface area contributed by atoms with Gasteiger partial charge in [0.25, 0.3) is 0 Å². The van der Waals surface area contributed by atoms with Gasteiger partial charge in [-0.3, -0.25) is 0 Å². The zero-order chi connectivity index (χ0) is 25.3. The summed E-state index contributed by atoms with van der Waals surface area (Å²) in [7, 11) is 1.46. The first-order valence-electron chi connectivity index (χ1n) is 13.1. The molecule has 0 radical (unpaired) electrons. The van der Waals surface area contributed by atoms with E-state index in [2.05, 4.69) is 58.2 Å². The van der Waals surface area contributed by atoms with Gasteiger partial charge in [-0.05, 0) is 87.7 Å². The molecule has 1 aromatic heterocycles. The monoisotopic (exact) mass is 489 g/mol. The lowest BCUT2D eigenvalue weighted by Crippen LogP contribution is -2.39. The van der Waals surface area contributed by atoms with Crippen LogP contribution in [-0.4, -0.2) is 36.9 Å². The Bertz CT molecular complexity index is 815. The highest BCUT2D eigenvalue weighted by molar-refractivity contribution is 7.15. The fourth-order valence-corrected chi connectivity index (χ4v) is 6.04. The van der Waals surface area contributed by atoms with Gasteiger partial charge >= 0.3 is 5.97 Å². The zero-order valence-electron chi connectivity index (χ0n) is 22.4. The van der Waals surface area contributed by atoms with Crippen molar-refractivity contribution in [2.24, 2.45) is 11.3 Å². The van der Waals surface area contributed by atoms with Gasteiger partial charge in [-0.25, -0.2) is 4.79 Å². The third kappa shape index (κ3) is 8.27. The average molecular weight is 490 g/mol.